The monoisotopic (exact) mass is 396 g/mol. The van der Waals surface area contributed by atoms with Crippen molar-refractivity contribution in [3.05, 3.63) is 90.3 Å². The number of hydrogen-bond donors (Lipinski definition) is 1. The van der Waals surface area contributed by atoms with E-state index in [1.165, 1.54) is 0 Å². The van der Waals surface area contributed by atoms with Gasteiger partial charge in [-0.1, -0.05) is 24.3 Å². The maximum Gasteiger partial charge on any atom is 0.272 e. The topological polar surface area (TPSA) is 76.5 Å². The molecular weight excluding hydrogens is 376 g/mol. The zero-order chi connectivity index (χ0) is 20.8. The summed E-state index contributed by atoms with van der Waals surface area (Å²) >= 11 is 0. The lowest BCUT2D eigenvalue weighted by Crippen LogP contribution is -2.18. The van der Waals surface area contributed by atoms with Gasteiger partial charge < -0.3 is 4.74 Å². The van der Waals surface area contributed by atoms with Gasteiger partial charge in [0.2, 0.25) is 0 Å². The van der Waals surface area contributed by atoms with Crippen LogP contribution < -0.4 is 10.2 Å². The highest BCUT2D eigenvalue weighted by molar-refractivity contribution is 6.07. The molecule has 0 bridgehead atoms. The molecule has 2 aromatic heterocycles. The summed E-state index contributed by atoms with van der Waals surface area (Å²) < 4.78 is 5.50. The fraction of sp³-hybridized carbons (Fsp3) is 0.0833. The molecule has 4 aromatic rings. The number of aromatic nitrogens is 2. The maximum absolute atomic E-state index is 12.9. The highest BCUT2D eigenvalue weighted by Gasteiger charge is 2.13. The molecule has 0 aliphatic heterocycles. The molecule has 2 heterocycles. The summed E-state index contributed by atoms with van der Waals surface area (Å²) in [6.07, 6.45) is 4.91. The number of hydrazone groups is 1. The third kappa shape index (κ3) is 4.33. The van der Waals surface area contributed by atoms with E-state index >= 15 is 0 Å². The molecule has 0 saturated carbocycles. The van der Waals surface area contributed by atoms with Gasteiger partial charge in [-0.15, -0.1) is 0 Å². The smallest absolute Gasteiger partial charge is 0.272 e. The first-order valence-electron chi connectivity index (χ1n) is 9.61. The summed E-state index contributed by atoms with van der Waals surface area (Å²) in [5, 5.41) is 4.82. The van der Waals surface area contributed by atoms with E-state index < -0.39 is 0 Å². The number of carbonyl (C=O) groups excluding carboxylic acids is 1. The molecule has 0 aliphatic rings. The van der Waals surface area contributed by atoms with Gasteiger partial charge in [0.05, 0.1) is 29.6 Å². The first-order chi connectivity index (χ1) is 14.7. The van der Waals surface area contributed by atoms with E-state index in [9.17, 15) is 4.79 Å². The highest BCUT2D eigenvalue weighted by Crippen LogP contribution is 2.26. The summed E-state index contributed by atoms with van der Waals surface area (Å²) in [7, 11) is 0. The van der Waals surface area contributed by atoms with Gasteiger partial charge >= 0.3 is 0 Å². The Bertz CT molecular complexity index is 1190. The third-order valence-corrected chi connectivity index (χ3v) is 4.49. The van der Waals surface area contributed by atoms with Gasteiger partial charge in [0.25, 0.3) is 5.91 Å². The molecule has 2 aromatic carbocycles. The number of fused-ring (bicyclic) bond motifs is 1. The predicted octanol–water partition coefficient (Wildman–Crippen LogP) is 4.46. The van der Waals surface area contributed by atoms with Crippen molar-refractivity contribution in [2.45, 2.75) is 6.92 Å². The molecule has 6 nitrogen and oxygen atoms in total. The summed E-state index contributed by atoms with van der Waals surface area (Å²) in [6, 6.07) is 20.7. The van der Waals surface area contributed by atoms with Gasteiger partial charge in [0.15, 0.2) is 0 Å². The molecule has 1 amide bonds. The van der Waals surface area contributed by atoms with E-state index in [4.69, 9.17) is 9.72 Å². The highest BCUT2D eigenvalue weighted by atomic mass is 16.5. The minimum absolute atomic E-state index is 0.305. The molecule has 0 aliphatic carbocycles. The minimum atomic E-state index is -0.305. The number of carbonyl (C=O) groups is 1. The number of nitrogens with one attached hydrogen (secondary N) is 1. The average Bonchev–Trinajstić information content (AvgIpc) is 2.80. The van der Waals surface area contributed by atoms with E-state index in [0.29, 0.717) is 17.9 Å². The van der Waals surface area contributed by atoms with Gasteiger partial charge in [0.1, 0.15) is 5.75 Å². The maximum atomic E-state index is 12.9. The van der Waals surface area contributed by atoms with Crippen molar-refractivity contribution in [2.75, 3.05) is 6.61 Å². The van der Waals surface area contributed by atoms with Crippen molar-refractivity contribution in [3.63, 3.8) is 0 Å². The van der Waals surface area contributed by atoms with Crippen molar-refractivity contribution in [2.24, 2.45) is 5.10 Å². The lowest BCUT2D eigenvalue weighted by atomic mass is 10.0. The number of hydrogen-bond acceptors (Lipinski definition) is 5. The standard InChI is InChI=1S/C24H20N4O2/c1-2-30-19-11-9-18(10-12-19)23-14-21(20-7-3-4-8-22(20)27-23)24(29)28-26-16-17-6-5-13-25-15-17/h3-16H,2H2,1H3,(H,28,29)/b26-16-. The van der Waals surface area contributed by atoms with E-state index in [0.717, 1.165) is 27.8 Å². The van der Waals surface area contributed by atoms with E-state index in [-0.39, 0.29) is 5.91 Å². The summed E-state index contributed by atoms with van der Waals surface area (Å²) in [5.41, 5.74) is 6.25. The molecule has 0 unspecified atom stereocenters. The van der Waals surface area contributed by atoms with Crippen molar-refractivity contribution in [3.8, 4) is 17.0 Å². The van der Waals surface area contributed by atoms with Crippen LogP contribution in [0.3, 0.4) is 0 Å². The lowest BCUT2D eigenvalue weighted by molar-refractivity contribution is 0.0956. The Balaban J connectivity index is 1.66. The van der Waals surface area contributed by atoms with Gasteiger partial charge in [-0.3, -0.25) is 9.78 Å². The quantitative estimate of drug-likeness (QED) is 0.386. The van der Waals surface area contributed by atoms with Crippen LogP contribution in [0.1, 0.15) is 22.8 Å². The molecule has 0 spiro atoms. The van der Waals surface area contributed by atoms with E-state index in [1.807, 2.05) is 67.6 Å². The number of ether oxygens (including phenoxy) is 1. The van der Waals surface area contributed by atoms with E-state index in [2.05, 4.69) is 15.5 Å². The number of nitrogens with zero attached hydrogens (tertiary/aromatic N) is 3. The Morgan fingerprint density at radius 1 is 1.10 bits per heavy atom. The third-order valence-electron chi connectivity index (χ3n) is 4.49. The minimum Gasteiger partial charge on any atom is -0.494 e. The molecule has 0 atom stereocenters. The molecule has 0 radical (unpaired) electrons. The van der Waals surface area contributed by atoms with Crippen LogP contribution in [0.5, 0.6) is 5.75 Å². The molecule has 6 heteroatoms. The fourth-order valence-electron chi connectivity index (χ4n) is 3.08. The first-order valence-corrected chi connectivity index (χ1v) is 9.61. The van der Waals surface area contributed by atoms with Gasteiger partial charge in [-0.05, 0) is 49.4 Å². The average molecular weight is 396 g/mol. The van der Waals surface area contributed by atoms with Crippen LogP contribution in [-0.4, -0.2) is 28.7 Å². The van der Waals surface area contributed by atoms with Crippen LogP contribution in [0.2, 0.25) is 0 Å². The number of benzene rings is 2. The van der Waals surface area contributed by atoms with Crippen LogP contribution in [0.25, 0.3) is 22.2 Å². The second-order valence-electron chi connectivity index (χ2n) is 6.52. The molecule has 148 valence electrons. The Labute approximate surface area is 174 Å². The molecule has 0 fully saturated rings. The van der Waals surface area contributed by atoms with Crippen LogP contribution in [0.4, 0.5) is 0 Å². The van der Waals surface area contributed by atoms with Crippen LogP contribution in [-0.2, 0) is 0 Å². The normalized spacial score (nSPS) is 11.0. The van der Waals surface area contributed by atoms with Gasteiger partial charge in [-0.25, -0.2) is 10.4 Å². The number of amides is 1. The van der Waals surface area contributed by atoms with Crippen molar-refractivity contribution < 1.29 is 9.53 Å². The second kappa shape index (κ2) is 8.96. The van der Waals surface area contributed by atoms with E-state index in [1.54, 1.807) is 24.7 Å². The summed E-state index contributed by atoms with van der Waals surface area (Å²) in [4.78, 5) is 21.6. The molecular formula is C24H20N4O2. The predicted molar refractivity (Wildman–Crippen MR) is 118 cm³/mol. The SMILES string of the molecule is CCOc1ccc(-c2cc(C(=O)N/N=C\c3cccnc3)c3ccccc3n2)cc1. The molecule has 1 N–H and O–H groups in total. The molecule has 30 heavy (non-hydrogen) atoms. The largest absolute Gasteiger partial charge is 0.494 e. The van der Waals surface area contributed by atoms with Gasteiger partial charge in [0, 0.05) is 28.9 Å². The molecule has 0 saturated heterocycles. The van der Waals surface area contributed by atoms with Crippen molar-refractivity contribution in [1.82, 2.24) is 15.4 Å². The van der Waals surface area contributed by atoms with Crippen LogP contribution in [0.15, 0.2) is 84.2 Å². The summed E-state index contributed by atoms with van der Waals surface area (Å²) in [6.45, 7) is 2.55. The molecule has 4 rings (SSSR count). The van der Waals surface area contributed by atoms with Gasteiger partial charge in [-0.2, -0.15) is 5.10 Å². The Hall–Kier alpha value is -4.06. The Morgan fingerprint density at radius 3 is 2.70 bits per heavy atom. The second-order valence-corrected chi connectivity index (χ2v) is 6.52. The number of rotatable bonds is 6. The summed E-state index contributed by atoms with van der Waals surface area (Å²) in [5.74, 6) is 0.491. The fourth-order valence-corrected chi connectivity index (χ4v) is 3.08. The zero-order valence-corrected chi connectivity index (χ0v) is 16.4. The Kier molecular flexibility index (Phi) is 5.75. The van der Waals surface area contributed by atoms with Crippen LogP contribution >= 0.6 is 0 Å². The number of para-hydroxylation sites is 1. The zero-order valence-electron chi connectivity index (χ0n) is 16.4. The lowest BCUT2D eigenvalue weighted by Gasteiger charge is -2.10. The van der Waals surface area contributed by atoms with Crippen LogP contribution in [0, 0.1) is 0 Å². The first kappa shape index (κ1) is 19.3. The van der Waals surface area contributed by atoms with Crippen molar-refractivity contribution in [1.29, 1.82) is 0 Å². The number of pyridine rings is 2. The van der Waals surface area contributed by atoms with Crippen molar-refractivity contribution >= 4 is 23.0 Å². The Morgan fingerprint density at radius 2 is 1.93 bits per heavy atom.